The van der Waals surface area contributed by atoms with E-state index in [0.29, 0.717) is 13.1 Å². The van der Waals surface area contributed by atoms with E-state index >= 15 is 0 Å². The molecule has 144 valence electrons. The highest BCUT2D eigenvalue weighted by atomic mass is 35.5. The number of halogens is 1. The van der Waals surface area contributed by atoms with Crippen molar-refractivity contribution >= 4 is 29.8 Å². The van der Waals surface area contributed by atoms with E-state index in [9.17, 15) is 4.79 Å². The van der Waals surface area contributed by atoms with Gasteiger partial charge in [0.05, 0.1) is 18.8 Å². The highest BCUT2D eigenvalue weighted by Gasteiger charge is 2.32. The van der Waals surface area contributed by atoms with Crippen molar-refractivity contribution in [3.8, 4) is 0 Å². The number of urea groups is 1. The molecule has 5 nitrogen and oxygen atoms in total. The van der Waals surface area contributed by atoms with Crippen molar-refractivity contribution in [2.75, 3.05) is 42.5 Å². The van der Waals surface area contributed by atoms with Crippen LogP contribution >= 0.6 is 12.4 Å². The standard InChI is InChI=1S/C21H26N4O.ClH/c1-2-23-16-18-19(24-13-11-22-12-14-24)9-6-10-20(18)25(21(23)26)15-17-7-4-3-5-8-17;/h3-10,22H,2,11-16H2,1H3;1H. The molecule has 2 heterocycles. The van der Waals surface area contributed by atoms with Gasteiger partial charge >= 0.3 is 6.03 Å². The summed E-state index contributed by atoms with van der Waals surface area (Å²) in [5.74, 6) is 0. The van der Waals surface area contributed by atoms with E-state index in [1.165, 1.54) is 11.3 Å². The second-order valence-electron chi connectivity index (χ2n) is 6.88. The SMILES string of the molecule is CCN1Cc2c(N3CCNCC3)cccc2N(Cc2ccccc2)C1=O.Cl. The third kappa shape index (κ3) is 3.89. The largest absolute Gasteiger partial charge is 0.369 e. The average Bonchev–Trinajstić information content (AvgIpc) is 2.71. The summed E-state index contributed by atoms with van der Waals surface area (Å²) >= 11 is 0. The molecule has 0 aliphatic carbocycles. The van der Waals surface area contributed by atoms with Crippen LogP contribution in [0.1, 0.15) is 18.1 Å². The Hall–Kier alpha value is -2.24. The molecule has 0 bridgehead atoms. The van der Waals surface area contributed by atoms with Gasteiger partial charge in [0.25, 0.3) is 0 Å². The Morgan fingerprint density at radius 1 is 0.963 bits per heavy atom. The van der Waals surface area contributed by atoms with E-state index in [1.807, 2.05) is 28.0 Å². The molecule has 0 aromatic heterocycles. The molecule has 1 N–H and O–H groups in total. The van der Waals surface area contributed by atoms with Crippen LogP contribution < -0.4 is 15.1 Å². The molecule has 2 aliphatic heterocycles. The van der Waals surface area contributed by atoms with Gasteiger partial charge in [-0.2, -0.15) is 0 Å². The molecule has 2 amide bonds. The molecule has 0 saturated carbocycles. The number of anilines is 2. The predicted molar refractivity (Wildman–Crippen MR) is 113 cm³/mol. The van der Waals surface area contributed by atoms with Gasteiger partial charge in [-0.15, -0.1) is 12.4 Å². The molecule has 2 aromatic rings. The summed E-state index contributed by atoms with van der Waals surface area (Å²) in [6.07, 6.45) is 0. The van der Waals surface area contributed by atoms with Crippen LogP contribution in [-0.2, 0) is 13.1 Å². The zero-order valence-corrected chi connectivity index (χ0v) is 16.5. The van der Waals surface area contributed by atoms with Crippen molar-refractivity contribution in [1.82, 2.24) is 10.2 Å². The number of hydrogen-bond donors (Lipinski definition) is 1. The van der Waals surface area contributed by atoms with Crippen molar-refractivity contribution in [3.05, 3.63) is 59.7 Å². The van der Waals surface area contributed by atoms with Crippen molar-refractivity contribution < 1.29 is 4.79 Å². The molecule has 1 saturated heterocycles. The molecular weight excluding hydrogens is 360 g/mol. The van der Waals surface area contributed by atoms with E-state index in [-0.39, 0.29) is 18.4 Å². The van der Waals surface area contributed by atoms with Crippen LogP contribution in [0, 0.1) is 0 Å². The molecular formula is C21H27ClN4O. The first-order chi connectivity index (χ1) is 12.8. The van der Waals surface area contributed by atoms with E-state index in [2.05, 4.69) is 47.5 Å². The van der Waals surface area contributed by atoms with Gasteiger partial charge in [-0.25, -0.2) is 4.79 Å². The summed E-state index contributed by atoms with van der Waals surface area (Å²) < 4.78 is 0. The fourth-order valence-corrected chi connectivity index (χ4v) is 3.88. The smallest absolute Gasteiger partial charge is 0.325 e. The zero-order chi connectivity index (χ0) is 17.9. The summed E-state index contributed by atoms with van der Waals surface area (Å²) in [7, 11) is 0. The Balaban J connectivity index is 0.00000210. The van der Waals surface area contributed by atoms with E-state index in [1.54, 1.807) is 0 Å². The minimum Gasteiger partial charge on any atom is -0.369 e. The van der Waals surface area contributed by atoms with Gasteiger partial charge in [0.1, 0.15) is 0 Å². The predicted octanol–water partition coefficient (Wildman–Crippen LogP) is 3.48. The van der Waals surface area contributed by atoms with Crippen LogP contribution in [0.3, 0.4) is 0 Å². The maximum atomic E-state index is 13.0. The van der Waals surface area contributed by atoms with Crippen molar-refractivity contribution in [3.63, 3.8) is 0 Å². The van der Waals surface area contributed by atoms with Gasteiger partial charge in [0.15, 0.2) is 0 Å². The van der Waals surface area contributed by atoms with Crippen LogP contribution in [0.5, 0.6) is 0 Å². The quantitative estimate of drug-likeness (QED) is 0.874. The number of hydrogen-bond acceptors (Lipinski definition) is 3. The lowest BCUT2D eigenvalue weighted by Crippen LogP contribution is -2.48. The lowest BCUT2D eigenvalue weighted by atomic mass is 10.0. The van der Waals surface area contributed by atoms with Crippen LogP contribution in [0.4, 0.5) is 16.2 Å². The van der Waals surface area contributed by atoms with Crippen molar-refractivity contribution in [2.24, 2.45) is 0 Å². The van der Waals surface area contributed by atoms with Gasteiger partial charge in [0, 0.05) is 44.0 Å². The van der Waals surface area contributed by atoms with Gasteiger partial charge in [0.2, 0.25) is 0 Å². The Bertz CT molecular complexity index is 777. The number of nitrogens with zero attached hydrogens (tertiary/aromatic N) is 3. The van der Waals surface area contributed by atoms with Gasteiger partial charge < -0.3 is 15.1 Å². The van der Waals surface area contributed by atoms with Gasteiger partial charge in [-0.1, -0.05) is 36.4 Å². The Kier molecular flexibility index (Phi) is 6.24. The molecule has 0 unspecified atom stereocenters. The normalized spacial score (nSPS) is 16.8. The van der Waals surface area contributed by atoms with Gasteiger partial charge in [-0.05, 0) is 24.6 Å². The third-order valence-corrected chi connectivity index (χ3v) is 5.29. The molecule has 27 heavy (non-hydrogen) atoms. The lowest BCUT2D eigenvalue weighted by Gasteiger charge is -2.40. The second kappa shape index (κ2) is 8.63. The summed E-state index contributed by atoms with van der Waals surface area (Å²) in [5.41, 5.74) is 4.75. The highest BCUT2D eigenvalue weighted by Crippen LogP contribution is 2.36. The van der Waals surface area contributed by atoms with E-state index < -0.39 is 0 Å². The summed E-state index contributed by atoms with van der Waals surface area (Å²) in [6.45, 7) is 8.10. The topological polar surface area (TPSA) is 38.8 Å². The molecule has 0 spiro atoms. The van der Waals surface area contributed by atoms with Crippen molar-refractivity contribution in [2.45, 2.75) is 20.0 Å². The zero-order valence-electron chi connectivity index (χ0n) is 15.7. The number of amides is 2. The number of fused-ring (bicyclic) bond motifs is 1. The second-order valence-corrected chi connectivity index (χ2v) is 6.88. The number of piperazine rings is 1. The maximum Gasteiger partial charge on any atom is 0.325 e. The number of carbonyl (C=O) groups excluding carboxylic acids is 1. The Morgan fingerprint density at radius 2 is 1.67 bits per heavy atom. The lowest BCUT2D eigenvalue weighted by molar-refractivity contribution is 0.201. The molecule has 0 atom stereocenters. The maximum absolute atomic E-state index is 13.0. The molecule has 6 heteroatoms. The van der Waals surface area contributed by atoms with E-state index in [0.717, 1.165) is 44.0 Å². The number of rotatable bonds is 4. The molecule has 1 fully saturated rings. The minimum atomic E-state index is 0. The Morgan fingerprint density at radius 3 is 2.37 bits per heavy atom. The number of carbonyl (C=O) groups is 1. The Labute approximate surface area is 167 Å². The summed E-state index contributed by atoms with van der Waals surface area (Å²) in [5, 5.41) is 3.42. The third-order valence-electron chi connectivity index (χ3n) is 5.29. The van der Waals surface area contributed by atoms with Crippen LogP contribution in [-0.4, -0.2) is 43.7 Å². The highest BCUT2D eigenvalue weighted by molar-refractivity contribution is 5.96. The fourth-order valence-electron chi connectivity index (χ4n) is 3.88. The van der Waals surface area contributed by atoms with E-state index in [4.69, 9.17) is 0 Å². The summed E-state index contributed by atoms with van der Waals surface area (Å²) in [4.78, 5) is 19.4. The molecule has 2 aromatic carbocycles. The monoisotopic (exact) mass is 386 g/mol. The van der Waals surface area contributed by atoms with Crippen LogP contribution in [0.25, 0.3) is 0 Å². The first-order valence-electron chi connectivity index (χ1n) is 9.46. The summed E-state index contributed by atoms with van der Waals surface area (Å²) in [6, 6.07) is 16.7. The van der Waals surface area contributed by atoms with Crippen LogP contribution in [0.15, 0.2) is 48.5 Å². The first-order valence-corrected chi connectivity index (χ1v) is 9.46. The van der Waals surface area contributed by atoms with Crippen molar-refractivity contribution in [1.29, 1.82) is 0 Å². The average molecular weight is 387 g/mol. The first kappa shape index (κ1) is 19.5. The number of benzene rings is 2. The van der Waals surface area contributed by atoms with Crippen LogP contribution in [0.2, 0.25) is 0 Å². The molecule has 2 aliphatic rings. The minimum absolute atomic E-state index is 0. The number of nitrogens with one attached hydrogen (secondary N) is 1. The molecule has 0 radical (unpaired) electrons. The molecule has 4 rings (SSSR count). The van der Waals surface area contributed by atoms with Gasteiger partial charge in [-0.3, -0.25) is 4.90 Å². The fraction of sp³-hybridized carbons (Fsp3) is 0.381.